The standard InChI is InChI=1S/C17H26N2O/c1-12(2)17(15-7-5-4-6-13(15)3)19-16(20)11-18-10-14-8-9-14/h4-7,12,14,17-18H,8-11H2,1-3H3,(H,19,20). The van der Waals surface area contributed by atoms with Crippen molar-refractivity contribution >= 4 is 5.91 Å². The number of hydrogen-bond acceptors (Lipinski definition) is 2. The van der Waals surface area contributed by atoms with E-state index in [4.69, 9.17) is 0 Å². The molecule has 1 fully saturated rings. The molecule has 1 aliphatic rings. The summed E-state index contributed by atoms with van der Waals surface area (Å²) in [5.41, 5.74) is 2.45. The van der Waals surface area contributed by atoms with Gasteiger partial charge in [-0.05, 0) is 49.3 Å². The number of carbonyl (C=O) groups is 1. The molecule has 0 spiro atoms. The third-order valence-electron chi connectivity index (χ3n) is 3.92. The van der Waals surface area contributed by atoms with Crippen molar-refractivity contribution in [2.24, 2.45) is 11.8 Å². The lowest BCUT2D eigenvalue weighted by Gasteiger charge is -2.24. The molecule has 1 saturated carbocycles. The van der Waals surface area contributed by atoms with E-state index in [2.05, 4.69) is 43.5 Å². The zero-order chi connectivity index (χ0) is 14.5. The van der Waals surface area contributed by atoms with Gasteiger partial charge in [0.15, 0.2) is 0 Å². The van der Waals surface area contributed by atoms with E-state index in [1.54, 1.807) is 0 Å². The second-order valence-corrected chi connectivity index (χ2v) is 6.22. The summed E-state index contributed by atoms with van der Waals surface area (Å²) in [4.78, 5) is 12.1. The van der Waals surface area contributed by atoms with Crippen LogP contribution in [0.25, 0.3) is 0 Å². The van der Waals surface area contributed by atoms with Gasteiger partial charge in [-0.3, -0.25) is 4.79 Å². The van der Waals surface area contributed by atoms with Crippen LogP contribution in [0.1, 0.15) is 43.9 Å². The fourth-order valence-corrected chi connectivity index (χ4v) is 2.48. The molecule has 1 atom stereocenters. The maximum atomic E-state index is 12.1. The highest BCUT2D eigenvalue weighted by Gasteiger charge is 2.22. The summed E-state index contributed by atoms with van der Waals surface area (Å²) in [5, 5.41) is 6.41. The minimum absolute atomic E-state index is 0.0893. The predicted octanol–water partition coefficient (Wildman–Crippen LogP) is 2.81. The van der Waals surface area contributed by atoms with Crippen LogP contribution in [0, 0.1) is 18.8 Å². The van der Waals surface area contributed by atoms with Crippen LogP contribution in [-0.4, -0.2) is 19.0 Å². The largest absolute Gasteiger partial charge is 0.348 e. The van der Waals surface area contributed by atoms with Gasteiger partial charge in [-0.1, -0.05) is 38.1 Å². The highest BCUT2D eigenvalue weighted by atomic mass is 16.1. The van der Waals surface area contributed by atoms with Crippen molar-refractivity contribution in [2.45, 2.75) is 39.7 Å². The summed E-state index contributed by atoms with van der Waals surface area (Å²) < 4.78 is 0. The van der Waals surface area contributed by atoms with Crippen LogP contribution in [0.3, 0.4) is 0 Å². The van der Waals surface area contributed by atoms with Gasteiger partial charge >= 0.3 is 0 Å². The molecule has 0 radical (unpaired) electrons. The van der Waals surface area contributed by atoms with Crippen LogP contribution in [0.5, 0.6) is 0 Å². The van der Waals surface area contributed by atoms with Gasteiger partial charge in [-0.25, -0.2) is 0 Å². The molecule has 0 aromatic heterocycles. The zero-order valence-electron chi connectivity index (χ0n) is 12.8. The Kier molecular flexibility index (Phi) is 5.18. The van der Waals surface area contributed by atoms with Crippen molar-refractivity contribution in [1.82, 2.24) is 10.6 Å². The number of hydrogen-bond donors (Lipinski definition) is 2. The van der Waals surface area contributed by atoms with E-state index < -0.39 is 0 Å². The third kappa shape index (κ3) is 4.34. The van der Waals surface area contributed by atoms with E-state index in [1.807, 2.05) is 12.1 Å². The van der Waals surface area contributed by atoms with E-state index in [0.29, 0.717) is 12.5 Å². The van der Waals surface area contributed by atoms with E-state index in [9.17, 15) is 4.79 Å². The van der Waals surface area contributed by atoms with Crippen molar-refractivity contribution in [3.8, 4) is 0 Å². The van der Waals surface area contributed by atoms with E-state index >= 15 is 0 Å². The van der Waals surface area contributed by atoms with Crippen LogP contribution in [-0.2, 0) is 4.79 Å². The molecule has 0 bridgehead atoms. The van der Waals surface area contributed by atoms with Gasteiger partial charge < -0.3 is 10.6 Å². The summed E-state index contributed by atoms with van der Waals surface area (Å²) in [6.07, 6.45) is 2.62. The molecule has 3 nitrogen and oxygen atoms in total. The highest BCUT2D eigenvalue weighted by molar-refractivity contribution is 5.78. The summed E-state index contributed by atoms with van der Waals surface area (Å²) in [5.74, 6) is 1.27. The summed E-state index contributed by atoms with van der Waals surface area (Å²) >= 11 is 0. The lowest BCUT2D eigenvalue weighted by molar-refractivity contribution is -0.121. The Morgan fingerprint density at radius 1 is 1.30 bits per heavy atom. The number of amides is 1. The van der Waals surface area contributed by atoms with Gasteiger partial charge in [-0.2, -0.15) is 0 Å². The Morgan fingerprint density at radius 3 is 2.60 bits per heavy atom. The summed E-state index contributed by atoms with van der Waals surface area (Å²) in [7, 11) is 0. The molecular weight excluding hydrogens is 248 g/mol. The molecular formula is C17H26N2O. The first-order chi connectivity index (χ1) is 9.58. The molecule has 2 rings (SSSR count). The average Bonchev–Trinajstić information content (AvgIpc) is 3.21. The van der Waals surface area contributed by atoms with E-state index in [0.717, 1.165) is 12.5 Å². The van der Waals surface area contributed by atoms with Gasteiger partial charge in [0.25, 0.3) is 0 Å². The van der Waals surface area contributed by atoms with Gasteiger partial charge in [0.05, 0.1) is 12.6 Å². The zero-order valence-corrected chi connectivity index (χ0v) is 12.8. The van der Waals surface area contributed by atoms with Crippen LogP contribution in [0.15, 0.2) is 24.3 Å². The van der Waals surface area contributed by atoms with E-state index in [-0.39, 0.29) is 11.9 Å². The Balaban J connectivity index is 1.91. The number of carbonyl (C=O) groups excluding carboxylic acids is 1. The molecule has 1 amide bonds. The molecule has 1 aromatic rings. The fourth-order valence-electron chi connectivity index (χ4n) is 2.48. The molecule has 0 heterocycles. The third-order valence-corrected chi connectivity index (χ3v) is 3.92. The SMILES string of the molecule is Cc1ccccc1C(NC(=O)CNCC1CC1)C(C)C. The van der Waals surface area contributed by atoms with Crippen molar-refractivity contribution in [3.63, 3.8) is 0 Å². The van der Waals surface area contributed by atoms with Crippen LogP contribution < -0.4 is 10.6 Å². The Hall–Kier alpha value is -1.35. The minimum Gasteiger partial charge on any atom is -0.348 e. The second kappa shape index (κ2) is 6.89. The monoisotopic (exact) mass is 274 g/mol. The molecule has 20 heavy (non-hydrogen) atoms. The number of benzene rings is 1. The first-order valence-corrected chi connectivity index (χ1v) is 7.63. The lowest BCUT2D eigenvalue weighted by atomic mass is 9.92. The molecule has 1 unspecified atom stereocenters. The first kappa shape index (κ1) is 15.0. The molecule has 1 aromatic carbocycles. The quantitative estimate of drug-likeness (QED) is 0.803. The molecule has 0 aliphatic heterocycles. The average molecular weight is 274 g/mol. The Bertz CT molecular complexity index is 452. The van der Waals surface area contributed by atoms with Crippen LogP contribution >= 0.6 is 0 Å². The number of aryl methyl sites for hydroxylation is 1. The smallest absolute Gasteiger partial charge is 0.234 e. The minimum atomic E-state index is 0.0893. The lowest BCUT2D eigenvalue weighted by Crippen LogP contribution is -2.38. The van der Waals surface area contributed by atoms with Crippen LogP contribution in [0.4, 0.5) is 0 Å². The van der Waals surface area contributed by atoms with Gasteiger partial charge in [-0.15, -0.1) is 0 Å². The maximum absolute atomic E-state index is 12.1. The van der Waals surface area contributed by atoms with Gasteiger partial charge in [0.1, 0.15) is 0 Å². The molecule has 3 heteroatoms. The normalized spacial score (nSPS) is 16.2. The van der Waals surface area contributed by atoms with Crippen molar-refractivity contribution in [3.05, 3.63) is 35.4 Å². The van der Waals surface area contributed by atoms with Crippen molar-refractivity contribution < 1.29 is 4.79 Å². The van der Waals surface area contributed by atoms with E-state index in [1.165, 1.54) is 24.0 Å². The van der Waals surface area contributed by atoms with Crippen molar-refractivity contribution in [1.29, 1.82) is 0 Å². The van der Waals surface area contributed by atoms with Gasteiger partial charge in [0, 0.05) is 0 Å². The molecule has 0 saturated heterocycles. The molecule has 110 valence electrons. The topological polar surface area (TPSA) is 41.1 Å². The fraction of sp³-hybridized carbons (Fsp3) is 0.588. The van der Waals surface area contributed by atoms with Crippen molar-refractivity contribution in [2.75, 3.05) is 13.1 Å². The number of rotatable bonds is 7. The Labute approximate surface area is 122 Å². The van der Waals surface area contributed by atoms with Gasteiger partial charge in [0.2, 0.25) is 5.91 Å². The first-order valence-electron chi connectivity index (χ1n) is 7.63. The molecule has 1 aliphatic carbocycles. The molecule has 2 N–H and O–H groups in total. The predicted molar refractivity (Wildman–Crippen MR) is 82.5 cm³/mol. The number of nitrogens with one attached hydrogen (secondary N) is 2. The second-order valence-electron chi connectivity index (χ2n) is 6.22. The van der Waals surface area contributed by atoms with Crippen LogP contribution in [0.2, 0.25) is 0 Å². The summed E-state index contributed by atoms with van der Waals surface area (Å²) in [6.45, 7) is 7.79. The summed E-state index contributed by atoms with van der Waals surface area (Å²) in [6, 6.07) is 8.37. The Morgan fingerprint density at radius 2 is 2.00 bits per heavy atom. The highest BCUT2D eigenvalue weighted by Crippen LogP contribution is 2.27. The maximum Gasteiger partial charge on any atom is 0.234 e.